The number of carbonyl (C=O) groups is 1. The average Bonchev–Trinajstić information content (AvgIpc) is 3.29. The monoisotopic (exact) mass is 318 g/mol. The van der Waals surface area contributed by atoms with E-state index in [1.807, 2.05) is 60.0 Å². The van der Waals surface area contributed by atoms with Crippen molar-refractivity contribution in [2.45, 2.75) is 25.8 Å². The zero-order valence-electron chi connectivity index (χ0n) is 13.4. The third kappa shape index (κ3) is 3.06. The Morgan fingerprint density at radius 2 is 2.12 bits per heavy atom. The highest BCUT2D eigenvalue weighted by Crippen LogP contribution is 2.20. The molecule has 0 atom stereocenters. The Hall–Kier alpha value is -2.95. The molecule has 5 nitrogen and oxygen atoms in total. The lowest BCUT2D eigenvalue weighted by atomic mass is 10.2. The van der Waals surface area contributed by atoms with Gasteiger partial charge in [0.25, 0.3) is 5.91 Å². The maximum absolute atomic E-state index is 12.3. The molecule has 3 aromatic rings. The van der Waals surface area contributed by atoms with Crippen LogP contribution in [0.3, 0.4) is 0 Å². The molecule has 24 heavy (non-hydrogen) atoms. The first-order chi connectivity index (χ1) is 11.7. The summed E-state index contributed by atoms with van der Waals surface area (Å²) in [6.07, 6.45) is 9.65. The molecule has 1 saturated carbocycles. The summed E-state index contributed by atoms with van der Waals surface area (Å²) in [6, 6.07) is 10.2. The van der Waals surface area contributed by atoms with Gasteiger partial charge in [-0.2, -0.15) is 0 Å². The van der Waals surface area contributed by atoms with E-state index in [-0.39, 0.29) is 5.91 Å². The van der Waals surface area contributed by atoms with Gasteiger partial charge in [-0.05, 0) is 55.7 Å². The summed E-state index contributed by atoms with van der Waals surface area (Å²) < 4.78 is 1.83. The lowest BCUT2D eigenvalue weighted by Crippen LogP contribution is -2.26. The predicted molar refractivity (Wildman–Crippen MR) is 93.6 cm³/mol. The van der Waals surface area contributed by atoms with Crippen molar-refractivity contribution in [1.82, 2.24) is 19.7 Å². The standard InChI is InChI=1S/C19H18N4O/c1-13-3-2-4-15(21-13)7-5-14-6-10-18-20-11-17(23(18)12-14)19(24)22-16-8-9-16/h2-7,10-12,16H,8-9H2,1H3,(H,22,24)/b7-5-. The fourth-order valence-corrected chi connectivity index (χ4v) is 2.59. The molecule has 4 rings (SSSR count). The van der Waals surface area contributed by atoms with Gasteiger partial charge in [-0.1, -0.05) is 12.1 Å². The number of rotatable bonds is 4. The Morgan fingerprint density at radius 1 is 1.25 bits per heavy atom. The second-order valence-corrected chi connectivity index (χ2v) is 6.12. The Labute approximate surface area is 140 Å². The number of amides is 1. The summed E-state index contributed by atoms with van der Waals surface area (Å²) in [6.45, 7) is 1.97. The molecule has 0 aliphatic heterocycles. The summed E-state index contributed by atoms with van der Waals surface area (Å²) in [5.74, 6) is -0.0634. The van der Waals surface area contributed by atoms with Gasteiger partial charge in [-0.15, -0.1) is 0 Å². The minimum absolute atomic E-state index is 0.0634. The lowest BCUT2D eigenvalue weighted by Gasteiger charge is -2.04. The molecule has 3 heterocycles. The predicted octanol–water partition coefficient (Wildman–Crippen LogP) is 3.10. The fraction of sp³-hybridized carbons (Fsp3) is 0.211. The Morgan fingerprint density at radius 3 is 2.92 bits per heavy atom. The molecule has 0 bridgehead atoms. The van der Waals surface area contributed by atoms with E-state index in [1.165, 1.54) is 0 Å². The molecule has 0 saturated heterocycles. The van der Waals surface area contributed by atoms with Crippen LogP contribution < -0.4 is 5.32 Å². The largest absolute Gasteiger partial charge is 0.348 e. The van der Waals surface area contributed by atoms with E-state index in [0.29, 0.717) is 11.7 Å². The Kier molecular flexibility index (Phi) is 3.61. The molecule has 1 amide bonds. The second-order valence-electron chi connectivity index (χ2n) is 6.12. The van der Waals surface area contributed by atoms with E-state index in [4.69, 9.17) is 0 Å². The van der Waals surface area contributed by atoms with Crippen molar-refractivity contribution in [2.24, 2.45) is 0 Å². The Bertz CT molecular complexity index is 937. The van der Waals surface area contributed by atoms with E-state index in [9.17, 15) is 4.79 Å². The summed E-state index contributed by atoms with van der Waals surface area (Å²) >= 11 is 0. The molecule has 0 radical (unpaired) electrons. The van der Waals surface area contributed by atoms with Gasteiger partial charge in [-0.3, -0.25) is 14.2 Å². The van der Waals surface area contributed by atoms with Crippen molar-refractivity contribution < 1.29 is 4.79 Å². The summed E-state index contributed by atoms with van der Waals surface area (Å²) in [7, 11) is 0. The maximum atomic E-state index is 12.3. The molecule has 0 aromatic carbocycles. The van der Waals surface area contributed by atoms with Crippen LogP contribution >= 0.6 is 0 Å². The fourth-order valence-electron chi connectivity index (χ4n) is 2.59. The summed E-state index contributed by atoms with van der Waals surface area (Å²) in [5, 5.41) is 3.00. The molecule has 0 unspecified atom stereocenters. The van der Waals surface area contributed by atoms with Gasteiger partial charge >= 0.3 is 0 Å². The number of nitrogens with zero attached hydrogens (tertiary/aromatic N) is 3. The molecular formula is C19H18N4O. The van der Waals surface area contributed by atoms with Crippen LogP contribution in [0.1, 0.15) is 40.3 Å². The van der Waals surface area contributed by atoms with Gasteiger partial charge in [0.1, 0.15) is 11.3 Å². The molecule has 3 aromatic heterocycles. The lowest BCUT2D eigenvalue weighted by molar-refractivity contribution is 0.0945. The van der Waals surface area contributed by atoms with Crippen LogP contribution in [0.5, 0.6) is 0 Å². The molecule has 1 N–H and O–H groups in total. The zero-order chi connectivity index (χ0) is 16.5. The third-order valence-corrected chi connectivity index (χ3v) is 4.03. The van der Waals surface area contributed by atoms with Crippen molar-refractivity contribution in [2.75, 3.05) is 0 Å². The van der Waals surface area contributed by atoms with Crippen molar-refractivity contribution >= 4 is 23.7 Å². The molecular weight excluding hydrogens is 300 g/mol. The van der Waals surface area contributed by atoms with Crippen molar-refractivity contribution in [3.05, 3.63) is 65.4 Å². The third-order valence-electron chi connectivity index (χ3n) is 4.03. The van der Waals surface area contributed by atoms with E-state index in [0.717, 1.165) is 35.4 Å². The van der Waals surface area contributed by atoms with Crippen LogP contribution in [0, 0.1) is 6.92 Å². The highest BCUT2D eigenvalue weighted by Gasteiger charge is 2.25. The molecule has 1 fully saturated rings. The molecule has 5 heteroatoms. The van der Waals surface area contributed by atoms with E-state index < -0.39 is 0 Å². The van der Waals surface area contributed by atoms with Crippen molar-refractivity contribution in [1.29, 1.82) is 0 Å². The van der Waals surface area contributed by atoms with Gasteiger partial charge < -0.3 is 5.32 Å². The topological polar surface area (TPSA) is 59.3 Å². The first-order valence-electron chi connectivity index (χ1n) is 8.09. The number of fused-ring (bicyclic) bond motifs is 1. The second kappa shape index (κ2) is 5.92. The van der Waals surface area contributed by atoms with Crippen LogP contribution in [-0.4, -0.2) is 26.3 Å². The van der Waals surface area contributed by atoms with Gasteiger partial charge in [0.15, 0.2) is 0 Å². The molecule has 1 aliphatic carbocycles. The maximum Gasteiger partial charge on any atom is 0.270 e. The average molecular weight is 318 g/mol. The first kappa shape index (κ1) is 14.6. The van der Waals surface area contributed by atoms with Crippen LogP contribution in [0.25, 0.3) is 17.8 Å². The number of hydrogen-bond acceptors (Lipinski definition) is 3. The number of aryl methyl sites for hydroxylation is 1. The van der Waals surface area contributed by atoms with Gasteiger partial charge in [0.05, 0.1) is 11.9 Å². The Balaban J connectivity index is 1.63. The number of nitrogens with one attached hydrogen (secondary N) is 1. The number of aromatic nitrogens is 3. The molecule has 120 valence electrons. The minimum atomic E-state index is -0.0634. The highest BCUT2D eigenvalue weighted by molar-refractivity contribution is 5.93. The van der Waals surface area contributed by atoms with Crippen molar-refractivity contribution in [3.8, 4) is 0 Å². The normalized spacial score (nSPS) is 14.4. The quantitative estimate of drug-likeness (QED) is 0.804. The number of carbonyl (C=O) groups excluding carboxylic acids is 1. The van der Waals surface area contributed by atoms with Crippen LogP contribution in [0.4, 0.5) is 0 Å². The number of pyridine rings is 2. The van der Waals surface area contributed by atoms with Gasteiger partial charge in [0, 0.05) is 17.9 Å². The van der Waals surface area contributed by atoms with E-state index in [1.54, 1.807) is 6.20 Å². The highest BCUT2D eigenvalue weighted by atomic mass is 16.2. The van der Waals surface area contributed by atoms with E-state index >= 15 is 0 Å². The smallest absolute Gasteiger partial charge is 0.270 e. The number of hydrogen-bond donors (Lipinski definition) is 1. The number of imidazole rings is 1. The zero-order valence-corrected chi connectivity index (χ0v) is 13.4. The minimum Gasteiger partial charge on any atom is -0.348 e. The summed E-state index contributed by atoms with van der Waals surface area (Å²) in [5.41, 5.74) is 4.22. The van der Waals surface area contributed by atoms with Crippen LogP contribution in [0.15, 0.2) is 42.7 Å². The first-order valence-corrected chi connectivity index (χ1v) is 8.09. The van der Waals surface area contributed by atoms with Gasteiger partial charge in [0.2, 0.25) is 0 Å². The van der Waals surface area contributed by atoms with Gasteiger partial charge in [-0.25, -0.2) is 4.98 Å². The SMILES string of the molecule is Cc1cccc(/C=C\c2ccc3ncc(C(=O)NC4CC4)n3c2)n1. The van der Waals surface area contributed by atoms with E-state index in [2.05, 4.69) is 15.3 Å². The molecule has 0 spiro atoms. The molecule has 1 aliphatic rings. The van der Waals surface area contributed by atoms with Crippen LogP contribution in [0.2, 0.25) is 0 Å². The summed E-state index contributed by atoms with van der Waals surface area (Å²) in [4.78, 5) is 21.1. The van der Waals surface area contributed by atoms with Crippen LogP contribution in [-0.2, 0) is 0 Å². The van der Waals surface area contributed by atoms with Crippen molar-refractivity contribution in [3.63, 3.8) is 0 Å².